The number of anilines is 1. The van der Waals surface area contributed by atoms with Crippen LogP contribution in [0.1, 0.15) is 63.9 Å². The van der Waals surface area contributed by atoms with Crippen molar-refractivity contribution in [3.8, 4) is 16.9 Å². The Labute approximate surface area is 216 Å². The molecule has 0 saturated heterocycles. The van der Waals surface area contributed by atoms with Gasteiger partial charge in [-0.25, -0.2) is 9.18 Å². The number of rotatable bonds is 9. The predicted molar refractivity (Wildman–Crippen MR) is 143 cm³/mol. The second kappa shape index (κ2) is 11.2. The van der Waals surface area contributed by atoms with Crippen LogP contribution in [0.25, 0.3) is 11.1 Å². The summed E-state index contributed by atoms with van der Waals surface area (Å²) >= 11 is 1.21. The average molecular weight is 512 g/mol. The van der Waals surface area contributed by atoms with E-state index < -0.39 is 11.9 Å². The van der Waals surface area contributed by atoms with Gasteiger partial charge in [0.15, 0.2) is 6.61 Å². The van der Waals surface area contributed by atoms with Crippen LogP contribution < -0.4 is 10.1 Å². The molecule has 0 unspecified atom stereocenters. The summed E-state index contributed by atoms with van der Waals surface area (Å²) in [7, 11) is 0. The SMILES string of the molecule is CCOC(=O)c1c(-c2ccc(F)cc2)csc1NC(=O)COc1ccc(C(C)(C)CC(C)(C)C)cc1. The van der Waals surface area contributed by atoms with Crippen molar-refractivity contribution in [3.05, 3.63) is 70.9 Å². The molecule has 3 rings (SSSR count). The standard InChI is InChI=1S/C29H34FNO4S/c1-7-34-27(33)25-23(19-8-12-21(30)13-9-19)17-36-26(25)31-24(32)16-35-22-14-10-20(11-15-22)29(5,6)18-28(2,3)4/h8-15,17H,7,16,18H2,1-6H3,(H,31,32). The summed E-state index contributed by atoms with van der Waals surface area (Å²) in [6.07, 6.45) is 1.03. The van der Waals surface area contributed by atoms with Crippen LogP contribution in [0.15, 0.2) is 53.9 Å². The van der Waals surface area contributed by atoms with E-state index in [2.05, 4.69) is 39.9 Å². The molecule has 0 saturated carbocycles. The highest BCUT2D eigenvalue weighted by Gasteiger charge is 2.27. The van der Waals surface area contributed by atoms with Crippen molar-refractivity contribution in [1.82, 2.24) is 0 Å². The minimum Gasteiger partial charge on any atom is -0.484 e. The number of amides is 1. The van der Waals surface area contributed by atoms with Crippen LogP contribution in [0.4, 0.5) is 9.39 Å². The Kier molecular flexibility index (Phi) is 8.56. The molecule has 0 bridgehead atoms. The maximum Gasteiger partial charge on any atom is 0.341 e. The zero-order valence-electron chi connectivity index (χ0n) is 21.7. The third-order valence-corrected chi connectivity index (χ3v) is 6.55. The summed E-state index contributed by atoms with van der Waals surface area (Å²) in [6.45, 7) is 12.8. The molecule has 0 aliphatic carbocycles. The number of thiophene rings is 1. The van der Waals surface area contributed by atoms with E-state index in [-0.39, 0.29) is 35.4 Å². The lowest BCUT2D eigenvalue weighted by Crippen LogP contribution is -2.24. The summed E-state index contributed by atoms with van der Waals surface area (Å²) in [5, 5.41) is 4.87. The summed E-state index contributed by atoms with van der Waals surface area (Å²) < 4.78 is 24.3. The molecule has 0 atom stereocenters. The van der Waals surface area contributed by atoms with Crippen molar-refractivity contribution in [2.75, 3.05) is 18.5 Å². The maximum atomic E-state index is 13.4. The fourth-order valence-electron chi connectivity index (χ4n) is 4.44. The lowest BCUT2D eigenvalue weighted by molar-refractivity contribution is -0.118. The van der Waals surface area contributed by atoms with Crippen molar-refractivity contribution >= 4 is 28.2 Å². The van der Waals surface area contributed by atoms with E-state index in [0.717, 1.165) is 6.42 Å². The molecule has 0 radical (unpaired) electrons. The highest BCUT2D eigenvalue weighted by molar-refractivity contribution is 7.15. The Hall–Kier alpha value is -3.19. The van der Waals surface area contributed by atoms with E-state index >= 15 is 0 Å². The number of carbonyl (C=O) groups excluding carboxylic acids is 2. The molecular formula is C29H34FNO4S. The average Bonchev–Trinajstić information content (AvgIpc) is 3.20. The molecule has 1 aromatic heterocycles. The quantitative estimate of drug-likeness (QED) is 0.303. The number of halogens is 1. The first kappa shape index (κ1) is 27.4. The number of hydrogen-bond donors (Lipinski definition) is 1. The molecule has 3 aromatic rings. The van der Waals surface area contributed by atoms with E-state index in [1.807, 2.05) is 24.3 Å². The number of ether oxygens (including phenoxy) is 2. The number of carbonyl (C=O) groups is 2. The molecule has 1 amide bonds. The first-order chi connectivity index (χ1) is 16.9. The molecule has 36 heavy (non-hydrogen) atoms. The Morgan fingerprint density at radius 2 is 1.61 bits per heavy atom. The van der Waals surface area contributed by atoms with Gasteiger partial charge in [-0.15, -0.1) is 11.3 Å². The summed E-state index contributed by atoms with van der Waals surface area (Å²) in [4.78, 5) is 25.3. The number of esters is 1. The first-order valence-electron chi connectivity index (χ1n) is 12.0. The van der Waals surface area contributed by atoms with E-state index in [4.69, 9.17) is 9.47 Å². The van der Waals surface area contributed by atoms with Crippen LogP contribution in [0.5, 0.6) is 5.75 Å². The summed E-state index contributed by atoms with van der Waals surface area (Å²) in [5.41, 5.74) is 2.90. The molecule has 0 aliphatic heterocycles. The molecular weight excluding hydrogens is 477 g/mol. The maximum absolute atomic E-state index is 13.4. The largest absolute Gasteiger partial charge is 0.484 e. The molecule has 0 spiro atoms. The van der Waals surface area contributed by atoms with Gasteiger partial charge in [0.2, 0.25) is 0 Å². The molecule has 192 valence electrons. The molecule has 0 fully saturated rings. The van der Waals surface area contributed by atoms with Crippen molar-refractivity contribution in [3.63, 3.8) is 0 Å². The van der Waals surface area contributed by atoms with E-state index in [9.17, 15) is 14.0 Å². The third-order valence-electron chi connectivity index (χ3n) is 5.66. The van der Waals surface area contributed by atoms with Gasteiger partial charge in [0, 0.05) is 10.9 Å². The topological polar surface area (TPSA) is 64.6 Å². The number of benzene rings is 2. The van der Waals surface area contributed by atoms with Gasteiger partial charge < -0.3 is 14.8 Å². The second-order valence-electron chi connectivity index (χ2n) is 10.6. The Balaban J connectivity index is 1.69. The summed E-state index contributed by atoms with van der Waals surface area (Å²) in [6, 6.07) is 13.6. The van der Waals surface area contributed by atoms with Crippen LogP contribution >= 0.6 is 11.3 Å². The smallest absolute Gasteiger partial charge is 0.341 e. The van der Waals surface area contributed by atoms with Gasteiger partial charge in [0.1, 0.15) is 22.1 Å². The fraction of sp³-hybridized carbons (Fsp3) is 0.379. The van der Waals surface area contributed by atoms with Crippen molar-refractivity contribution in [1.29, 1.82) is 0 Å². The normalized spacial score (nSPS) is 11.8. The second-order valence-corrected chi connectivity index (χ2v) is 11.4. The van der Waals surface area contributed by atoms with Crippen LogP contribution in [0, 0.1) is 11.2 Å². The molecule has 1 N–H and O–H groups in total. The van der Waals surface area contributed by atoms with E-state index in [1.165, 1.54) is 29.0 Å². The first-order valence-corrected chi connectivity index (χ1v) is 12.9. The monoisotopic (exact) mass is 511 g/mol. The molecule has 5 nitrogen and oxygen atoms in total. The van der Waals surface area contributed by atoms with Crippen molar-refractivity contribution in [2.24, 2.45) is 5.41 Å². The summed E-state index contributed by atoms with van der Waals surface area (Å²) in [5.74, 6) is -0.736. The van der Waals surface area contributed by atoms with Crippen LogP contribution in [0.3, 0.4) is 0 Å². The van der Waals surface area contributed by atoms with Crippen LogP contribution in [0.2, 0.25) is 0 Å². The van der Waals surface area contributed by atoms with Crippen molar-refractivity contribution < 1.29 is 23.5 Å². The highest BCUT2D eigenvalue weighted by atomic mass is 32.1. The lowest BCUT2D eigenvalue weighted by Gasteiger charge is -2.33. The zero-order chi connectivity index (χ0) is 26.5. The third kappa shape index (κ3) is 7.17. The predicted octanol–water partition coefficient (Wildman–Crippen LogP) is 7.46. The number of nitrogens with one attached hydrogen (secondary N) is 1. The van der Waals surface area contributed by atoms with Crippen molar-refractivity contribution in [2.45, 2.75) is 53.4 Å². The Morgan fingerprint density at radius 3 is 2.19 bits per heavy atom. The molecule has 1 heterocycles. The van der Waals surface area contributed by atoms with E-state index in [1.54, 1.807) is 24.4 Å². The minimum atomic E-state index is -0.553. The van der Waals surface area contributed by atoms with E-state index in [0.29, 0.717) is 21.9 Å². The molecule has 2 aromatic carbocycles. The van der Waals surface area contributed by atoms with Gasteiger partial charge in [-0.05, 0) is 59.6 Å². The van der Waals surface area contributed by atoms with Gasteiger partial charge in [0.05, 0.1) is 6.61 Å². The van der Waals surface area contributed by atoms with Gasteiger partial charge in [0.25, 0.3) is 5.91 Å². The van der Waals surface area contributed by atoms with Crippen LogP contribution in [-0.4, -0.2) is 25.1 Å². The molecule has 0 aliphatic rings. The zero-order valence-corrected chi connectivity index (χ0v) is 22.6. The highest BCUT2D eigenvalue weighted by Crippen LogP contribution is 2.37. The molecule has 7 heteroatoms. The van der Waals surface area contributed by atoms with Crippen LogP contribution in [-0.2, 0) is 14.9 Å². The van der Waals surface area contributed by atoms with Gasteiger partial charge >= 0.3 is 5.97 Å². The minimum absolute atomic E-state index is 0.0130. The number of hydrogen-bond acceptors (Lipinski definition) is 5. The van der Waals surface area contributed by atoms with Gasteiger partial charge in [-0.3, -0.25) is 4.79 Å². The lowest BCUT2D eigenvalue weighted by atomic mass is 9.72. The fourth-order valence-corrected chi connectivity index (χ4v) is 5.41. The van der Waals surface area contributed by atoms with Gasteiger partial charge in [-0.1, -0.05) is 58.9 Å². The van der Waals surface area contributed by atoms with Gasteiger partial charge in [-0.2, -0.15) is 0 Å². The Morgan fingerprint density at radius 1 is 0.972 bits per heavy atom. The Bertz CT molecular complexity index is 1190.